The molecule has 1 unspecified atom stereocenters. The van der Waals surface area contributed by atoms with Crippen molar-refractivity contribution in [3.63, 3.8) is 0 Å². The maximum Gasteiger partial charge on any atom is 0.230 e. The van der Waals surface area contributed by atoms with Crippen molar-refractivity contribution < 1.29 is 4.79 Å². The minimum atomic E-state index is 0.105. The van der Waals surface area contributed by atoms with Gasteiger partial charge in [0.25, 0.3) is 0 Å². The summed E-state index contributed by atoms with van der Waals surface area (Å²) in [5.74, 6) is 1.28. The number of piperidine rings is 1. The normalized spacial score (nSPS) is 18.8. The van der Waals surface area contributed by atoms with Gasteiger partial charge >= 0.3 is 0 Å². The number of carbonyl (C=O) groups excluding carboxylic acids is 1. The van der Waals surface area contributed by atoms with Crippen LogP contribution in [0.1, 0.15) is 19.3 Å². The van der Waals surface area contributed by atoms with Gasteiger partial charge in [0.15, 0.2) is 0 Å². The lowest BCUT2D eigenvalue weighted by Crippen LogP contribution is -2.33. The van der Waals surface area contributed by atoms with E-state index >= 15 is 0 Å². The first-order valence-electron chi connectivity index (χ1n) is 7.10. The number of rotatable bonds is 6. The van der Waals surface area contributed by atoms with E-state index in [0.29, 0.717) is 11.7 Å². The molecular formula is C15H21ClN2OS. The molecule has 3 nitrogen and oxygen atoms in total. The molecule has 1 heterocycles. The number of amides is 1. The van der Waals surface area contributed by atoms with Crippen molar-refractivity contribution in [2.75, 3.05) is 25.4 Å². The van der Waals surface area contributed by atoms with Gasteiger partial charge in [-0.2, -0.15) is 0 Å². The zero-order chi connectivity index (χ0) is 14.2. The van der Waals surface area contributed by atoms with Gasteiger partial charge in [-0.3, -0.25) is 4.79 Å². The third kappa shape index (κ3) is 5.73. The molecule has 5 heteroatoms. The van der Waals surface area contributed by atoms with Gasteiger partial charge in [-0.05, 0) is 62.5 Å². The number of hydrogen-bond donors (Lipinski definition) is 2. The molecule has 0 radical (unpaired) electrons. The van der Waals surface area contributed by atoms with Crippen LogP contribution in [0.5, 0.6) is 0 Å². The number of nitrogens with one attached hydrogen (secondary N) is 2. The molecule has 0 aliphatic carbocycles. The van der Waals surface area contributed by atoms with Crippen molar-refractivity contribution in [2.45, 2.75) is 24.2 Å². The van der Waals surface area contributed by atoms with Crippen LogP contribution < -0.4 is 10.6 Å². The zero-order valence-electron chi connectivity index (χ0n) is 11.5. The summed E-state index contributed by atoms with van der Waals surface area (Å²) in [5.41, 5.74) is 0. The summed E-state index contributed by atoms with van der Waals surface area (Å²) >= 11 is 7.36. The summed E-state index contributed by atoms with van der Waals surface area (Å²) < 4.78 is 0. The Hall–Kier alpha value is -0.710. The highest BCUT2D eigenvalue weighted by Gasteiger charge is 2.12. The first-order chi connectivity index (χ1) is 9.74. The van der Waals surface area contributed by atoms with Crippen molar-refractivity contribution >= 4 is 29.3 Å². The van der Waals surface area contributed by atoms with Gasteiger partial charge in [0.05, 0.1) is 5.75 Å². The van der Waals surface area contributed by atoms with Crippen molar-refractivity contribution in [3.8, 4) is 0 Å². The fourth-order valence-electron chi connectivity index (χ4n) is 2.32. The standard InChI is InChI=1S/C15H21ClN2OS/c16-13-3-5-14(6-4-13)20-11-15(19)18-9-7-12-2-1-8-17-10-12/h3-6,12,17H,1-2,7-11H2,(H,18,19). The average Bonchev–Trinajstić information content (AvgIpc) is 2.48. The van der Waals surface area contributed by atoms with Gasteiger partial charge in [0.1, 0.15) is 0 Å². The SMILES string of the molecule is O=C(CSc1ccc(Cl)cc1)NCCC1CCCNC1. The second-order valence-corrected chi connectivity index (χ2v) is 6.58. The minimum Gasteiger partial charge on any atom is -0.355 e. The van der Waals surface area contributed by atoms with E-state index in [1.54, 1.807) is 11.8 Å². The van der Waals surface area contributed by atoms with E-state index in [4.69, 9.17) is 11.6 Å². The van der Waals surface area contributed by atoms with E-state index in [1.165, 1.54) is 12.8 Å². The van der Waals surface area contributed by atoms with Gasteiger partial charge in [-0.25, -0.2) is 0 Å². The minimum absolute atomic E-state index is 0.105. The number of benzene rings is 1. The van der Waals surface area contributed by atoms with Crippen LogP contribution in [0.2, 0.25) is 5.02 Å². The molecule has 1 saturated heterocycles. The molecule has 1 aliphatic rings. The van der Waals surface area contributed by atoms with Crippen LogP contribution in [0.15, 0.2) is 29.2 Å². The maximum atomic E-state index is 11.8. The van der Waals surface area contributed by atoms with E-state index in [2.05, 4.69) is 10.6 Å². The van der Waals surface area contributed by atoms with E-state index in [9.17, 15) is 4.79 Å². The first-order valence-corrected chi connectivity index (χ1v) is 8.46. The Bertz CT molecular complexity index is 418. The fourth-order valence-corrected chi connectivity index (χ4v) is 3.17. The molecule has 1 aliphatic heterocycles. The van der Waals surface area contributed by atoms with Gasteiger partial charge < -0.3 is 10.6 Å². The van der Waals surface area contributed by atoms with Crippen LogP contribution in [0, 0.1) is 5.92 Å². The smallest absolute Gasteiger partial charge is 0.230 e. The number of thioether (sulfide) groups is 1. The fraction of sp³-hybridized carbons (Fsp3) is 0.533. The molecule has 0 bridgehead atoms. The van der Waals surface area contributed by atoms with Crippen LogP contribution in [-0.4, -0.2) is 31.3 Å². The lowest BCUT2D eigenvalue weighted by atomic mass is 9.96. The third-order valence-corrected chi connectivity index (χ3v) is 4.72. The van der Waals surface area contributed by atoms with E-state index in [-0.39, 0.29) is 5.91 Å². The lowest BCUT2D eigenvalue weighted by molar-refractivity contribution is -0.118. The molecule has 2 N–H and O–H groups in total. The Kier molecular flexibility index (Phi) is 6.70. The van der Waals surface area contributed by atoms with Gasteiger partial charge in [0.2, 0.25) is 5.91 Å². The van der Waals surface area contributed by atoms with E-state index in [1.807, 2.05) is 24.3 Å². The van der Waals surface area contributed by atoms with Gasteiger partial charge in [-0.15, -0.1) is 11.8 Å². The predicted octanol–water partition coefficient (Wildman–Crippen LogP) is 2.94. The summed E-state index contributed by atoms with van der Waals surface area (Å²) in [5, 5.41) is 7.12. The zero-order valence-corrected chi connectivity index (χ0v) is 13.1. The molecule has 20 heavy (non-hydrogen) atoms. The number of carbonyl (C=O) groups is 1. The molecule has 110 valence electrons. The predicted molar refractivity (Wildman–Crippen MR) is 85.4 cm³/mol. The molecule has 1 aromatic carbocycles. The molecule has 1 fully saturated rings. The summed E-state index contributed by atoms with van der Waals surface area (Å²) in [6.45, 7) is 3.02. The van der Waals surface area contributed by atoms with E-state index in [0.717, 1.165) is 36.0 Å². The first kappa shape index (κ1) is 15.7. The van der Waals surface area contributed by atoms with Gasteiger partial charge in [-0.1, -0.05) is 11.6 Å². The Labute approximate surface area is 129 Å². The summed E-state index contributed by atoms with van der Waals surface area (Å²) in [6, 6.07) is 7.57. The summed E-state index contributed by atoms with van der Waals surface area (Å²) in [4.78, 5) is 12.8. The van der Waals surface area contributed by atoms with Crippen molar-refractivity contribution in [1.29, 1.82) is 0 Å². The molecule has 0 spiro atoms. The quantitative estimate of drug-likeness (QED) is 0.794. The number of halogens is 1. The van der Waals surface area contributed by atoms with Crippen LogP contribution in [-0.2, 0) is 4.79 Å². The number of hydrogen-bond acceptors (Lipinski definition) is 3. The highest BCUT2D eigenvalue weighted by molar-refractivity contribution is 8.00. The van der Waals surface area contributed by atoms with Gasteiger partial charge in [0, 0.05) is 16.5 Å². The molecule has 1 amide bonds. The Morgan fingerprint density at radius 3 is 2.90 bits per heavy atom. The van der Waals surface area contributed by atoms with Crippen LogP contribution >= 0.6 is 23.4 Å². The molecule has 0 saturated carbocycles. The highest BCUT2D eigenvalue weighted by Crippen LogP contribution is 2.20. The van der Waals surface area contributed by atoms with Crippen LogP contribution in [0.4, 0.5) is 0 Å². The van der Waals surface area contributed by atoms with Crippen LogP contribution in [0.25, 0.3) is 0 Å². The summed E-state index contributed by atoms with van der Waals surface area (Å²) in [7, 11) is 0. The second kappa shape index (κ2) is 8.55. The Morgan fingerprint density at radius 1 is 1.40 bits per heavy atom. The Balaban J connectivity index is 1.59. The van der Waals surface area contributed by atoms with E-state index < -0.39 is 0 Å². The van der Waals surface area contributed by atoms with Crippen molar-refractivity contribution in [3.05, 3.63) is 29.3 Å². The molecule has 0 aromatic heterocycles. The molecule has 2 rings (SSSR count). The molecule has 1 atom stereocenters. The largest absolute Gasteiger partial charge is 0.355 e. The maximum absolute atomic E-state index is 11.8. The molecule has 1 aromatic rings. The monoisotopic (exact) mass is 312 g/mol. The molecular weight excluding hydrogens is 292 g/mol. The van der Waals surface area contributed by atoms with Crippen LogP contribution in [0.3, 0.4) is 0 Å². The third-order valence-electron chi connectivity index (χ3n) is 3.46. The lowest BCUT2D eigenvalue weighted by Gasteiger charge is -2.22. The topological polar surface area (TPSA) is 41.1 Å². The summed E-state index contributed by atoms with van der Waals surface area (Å²) in [6.07, 6.45) is 3.61. The van der Waals surface area contributed by atoms with Crippen molar-refractivity contribution in [2.24, 2.45) is 5.92 Å². The second-order valence-electron chi connectivity index (χ2n) is 5.09. The highest BCUT2D eigenvalue weighted by atomic mass is 35.5. The Morgan fingerprint density at radius 2 is 2.20 bits per heavy atom. The average molecular weight is 313 g/mol. The van der Waals surface area contributed by atoms with Crippen molar-refractivity contribution in [1.82, 2.24) is 10.6 Å².